The number of aliphatic hydroxyl groups is 2. The molecule has 0 saturated heterocycles. The molecule has 0 aliphatic rings. The lowest BCUT2D eigenvalue weighted by Gasteiger charge is -2.11. The normalized spacial score (nSPS) is 14.3. The zero-order chi connectivity index (χ0) is 11.7. The second-order valence-electron chi connectivity index (χ2n) is 2.88. The van der Waals surface area contributed by atoms with Gasteiger partial charge in [-0.15, -0.1) is 0 Å². The van der Waals surface area contributed by atoms with Gasteiger partial charge >= 0.3 is 5.97 Å². The highest BCUT2D eigenvalue weighted by Crippen LogP contribution is 2.06. The van der Waals surface area contributed by atoms with Gasteiger partial charge in [-0.25, -0.2) is 4.79 Å². The second kappa shape index (κ2) is 8.51. The molecule has 7 heteroatoms. The van der Waals surface area contributed by atoms with Crippen molar-refractivity contribution in [2.45, 2.75) is 18.6 Å². The highest BCUT2D eigenvalue weighted by atomic mass is 32.2. The fourth-order valence-electron chi connectivity index (χ4n) is 0.833. The molecule has 1 amide bonds. The van der Waals surface area contributed by atoms with Crippen molar-refractivity contribution in [3.63, 3.8) is 0 Å². The summed E-state index contributed by atoms with van der Waals surface area (Å²) in [6, 6.07) is -0.888. The Balaban J connectivity index is 3.62. The van der Waals surface area contributed by atoms with Gasteiger partial charge in [-0.05, 0) is 12.2 Å². The average molecular weight is 237 g/mol. The first-order valence-corrected chi connectivity index (χ1v) is 5.56. The third-order valence-corrected chi connectivity index (χ3v) is 2.78. The van der Waals surface area contributed by atoms with Crippen LogP contribution < -0.4 is 5.32 Å². The quantitative estimate of drug-likeness (QED) is 0.292. The first kappa shape index (κ1) is 14.2. The summed E-state index contributed by atoms with van der Waals surface area (Å²) in [7, 11) is 0. The van der Waals surface area contributed by atoms with Gasteiger partial charge in [0.1, 0.15) is 6.04 Å². The van der Waals surface area contributed by atoms with E-state index in [1.165, 1.54) is 11.8 Å². The molecule has 2 unspecified atom stereocenters. The Bertz CT molecular complexity index is 201. The van der Waals surface area contributed by atoms with Crippen molar-refractivity contribution in [1.29, 1.82) is 0 Å². The van der Waals surface area contributed by atoms with E-state index < -0.39 is 18.1 Å². The number of amides is 1. The molecule has 0 heterocycles. The van der Waals surface area contributed by atoms with Crippen LogP contribution in [0, 0.1) is 0 Å². The molecule has 0 aromatic rings. The lowest BCUT2D eigenvalue weighted by molar-refractivity contribution is -0.140. The largest absolute Gasteiger partial charge is 0.480 e. The van der Waals surface area contributed by atoms with Gasteiger partial charge in [-0.1, -0.05) is 0 Å². The average Bonchev–Trinajstić information content (AvgIpc) is 2.21. The number of carbonyl (C=O) groups excluding carboxylic acids is 1. The number of aliphatic carboxylic acids is 1. The molecule has 0 rings (SSSR count). The van der Waals surface area contributed by atoms with E-state index in [0.717, 1.165) is 0 Å². The molecule has 0 aromatic heterocycles. The summed E-state index contributed by atoms with van der Waals surface area (Å²) >= 11 is 1.33. The van der Waals surface area contributed by atoms with E-state index in [1.807, 2.05) is 0 Å². The van der Waals surface area contributed by atoms with E-state index in [2.05, 4.69) is 5.32 Å². The molecule has 0 aliphatic carbocycles. The predicted molar refractivity (Wildman–Crippen MR) is 55.7 cm³/mol. The standard InChI is InChI=1S/C8H15NO5S/c10-3-6(12)4-15-2-1-7(8(13)14)9-5-11/h5-7,10,12H,1-4H2,(H,9,11)(H,13,14). The highest BCUT2D eigenvalue weighted by Gasteiger charge is 2.15. The molecule has 4 N–H and O–H groups in total. The Labute approximate surface area is 91.7 Å². The SMILES string of the molecule is O=CNC(CCSCC(O)CO)C(=O)O. The number of rotatable bonds is 9. The highest BCUT2D eigenvalue weighted by molar-refractivity contribution is 7.99. The Morgan fingerprint density at radius 1 is 1.53 bits per heavy atom. The Kier molecular flexibility index (Phi) is 8.06. The molecule has 6 nitrogen and oxygen atoms in total. The topological polar surface area (TPSA) is 107 Å². The van der Waals surface area contributed by atoms with E-state index >= 15 is 0 Å². The van der Waals surface area contributed by atoms with Gasteiger partial charge in [-0.2, -0.15) is 11.8 Å². The van der Waals surface area contributed by atoms with Crippen molar-refractivity contribution in [2.75, 3.05) is 18.1 Å². The number of carbonyl (C=O) groups is 2. The van der Waals surface area contributed by atoms with E-state index in [9.17, 15) is 9.59 Å². The van der Waals surface area contributed by atoms with Gasteiger partial charge in [0.05, 0.1) is 12.7 Å². The Morgan fingerprint density at radius 3 is 2.67 bits per heavy atom. The third kappa shape index (κ3) is 7.18. The van der Waals surface area contributed by atoms with Crippen LogP contribution >= 0.6 is 11.8 Å². The second-order valence-corrected chi connectivity index (χ2v) is 4.03. The van der Waals surface area contributed by atoms with Gasteiger partial charge in [-0.3, -0.25) is 4.79 Å². The lowest BCUT2D eigenvalue weighted by Crippen LogP contribution is -2.36. The predicted octanol–water partition coefficient (Wildman–Crippen LogP) is -1.34. The third-order valence-electron chi connectivity index (χ3n) is 1.64. The Morgan fingerprint density at radius 2 is 2.20 bits per heavy atom. The van der Waals surface area contributed by atoms with Crippen LogP contribution in [0.15, 0.2) is 0 Å². The van der Waals surface area contributed by atoms with Crippen molar-refractivity contribution in [2.24, 2.45) is 0 Å². The minimum atomic E-state index is -1.08. The molecule has 0 spiro atoms. The van der Waals surface area contributed by atoms with Crippen LogP contribution in [0.5, 0.6) is 0 Å². The molecule has 0 radical (unpaired) electrons. The molecule has 0 aliphatic heterocycles. The van der Waals surface area contributed by atoms with Gasteiger partial charge in [0.25, 0.3) is 0 Å². The first-order valence-electron chi connectivity index (χ1n) is 4.41. The summed E-state index contributed by atoms with van der Waals surface area (Å²) < 4.78 is 0. The number of hydrogen-bond acceptors (Lipinski definition) is 5. The molecular weight excluding hydrogens is 222 g/mol. The van der Waals surface area contributed by atoms with Crippen LogP contribution in [-0.2, 0) is 9.59 Å². The lowest BCUT2D eigenvalue weighted by atomic mass is 10.2. The zero-order valence-electron chi connectivity index (χ0n) is 8.13. The van der Waals surface area contributed by atoms with Crippen LogP contribution in [0.1, 0.15) is 6.42 Å². The molecule has 0 saturated carbocycles. The molecule has 0 bridgehead atoms. The van der Waals surface area contributed by atoms with Crippen molar-refractivity contribution in [3.05, 3.63) is 0 Å². The zero-order valence-corrected chi connectivity index (χ0v) is 8.94. The van der Waals surface area contributed by atoms with Gasteiger partial charge in [0.2, 0.25) is 6.41 Å². The summed E-state index contributed by atoms with van der Waals surface area (Å²) in [4.78, 5) is 20.6. The number of nitrogens with one attached hydrogen (secondary N) is 1. The van der Waals surface area contributed by atoms with E-state index in [-0.39, 0.29) is 13.0 Å². The minimum Gasteiger partial charge on any atom is -0.480 e. The number of carboxylic acids is 1. The van der Waals surface area contributed by atoms with Gasteiger partial charge in [0.15, 0.2) is 0 Å². The molecule has 0 fully saturated rings. The van der Waals surface area contributed by atoms with Crippen LogP contribution in [0.25, 0.3) is 0 Å². The first-order chi connectivity index (χ1) is 7.11. The van der Waals surface area contributed by atoms with Crippen LogP contribution in [0.4, 0.5) is 0 Å². The summed E-state index contributed by atoms with van der Waals surface area (Å²) in [5, 5.41) is 28.3. The minimum absolute atomic E-state index is 0.289. The maximum atomic E-state index is 10.6. The fraction of sp³-hybridized carbons (Fsp3) is 0.750. The smallest absolute Gasteiger partial charge is 0.326 e. The van der Waals surface area contributed by atoms with Crippen molar-refractivity contribution in [1.82, 2.24) is 5.32 Å². The van der Waals surface area contributed by atoms with Gasteiger partial charge < -0.3 is 20.6 Å². The number of thioether (sulfide) groups is 1. The van der Waals surface area contributed by atoms with Crippen molar-refractivity contribution in [3.8, 4) is 0 Å². The van der Waals surface area contributed by atoms with Crippen molar-refractivity contribution < 1.29 is 24.9 Å². The maximum absolute atomic E-state index is 10.6. The van der Waals surface area contributed by atoms with Gasteiger partial charge in [0, 0.05) is 5.75 Å². The molecule has 2 atom stereocenters. The summed E-state index contributed by atoms with van der Waals surface area (Å²) in [6.45, 7) is -0.304. The fourth-order valence-corrected chi connectivity index (χ4v) is 1.78. The van der Waals surface area contributed by atoms with Crippen LogP contribution in [0.2, 0.25) is 0 Å². The van der Waals surface area contributed by atoms with E-state index in [0.29, 0.717) is 17.9 Å². The summed E-state index contributed by atoms with van der Waals surface area (Å²) in [5.41, 5.74) is 0. The van der Waals surface area contributed by atoms with Crippen molar-refractivity contribution >= 4 is 24.1 Å². The molecule has 88 valence electrons. The monoisotopic (exact) mass is 237 g/mol. The molecule has 15 heavy (non-hydrogen) atoms. The molecular formula is C8H15NO5S. The summed E-state index contributed by atoms with van der Waals surface area (Å²) in [5.74, 6) is -0.232. The summed E-state index contributed by atoms with van der Waals surface area (Å²) in [6.07, 6.45) is -0.138. The molecule has 0 aromatic carbocycles. The van der Waals surface area contributed by atoms with E-state index in [1.54, 1.807) is 0 Å². The van der Waals surface area contributed by atoms with Crippen LogP contribution in [-0.4, -0.2) is 58.0 Å². The Hall–Kier alpha value is -0.790. The van der Waals surface area contributed by atoms with Crippen LogP contribution in [0.3, 0.4) is 0 Å². The van der Waals surface area contributed by atoms with E-state index in [4.69, 9.17) is 15.3 Å². The maximum Gasteiger partial charge on any atom is 0.326 e. The number of hydrogen-bond donors (Lipinski definition) is 4. The number of aliphatic hydroxyl groups excluding tert-OH is 2. The number of carboxylic acid groups (broad SMARTS) is 1.